The quantitative estimate of drug-likeness (QED) is 0.763. The molecule has 1 saturated heterocycles. The summed E-state index contributed by atoms with van der Waals surface area (Å²) in [5.41, 5.74) is 3.09. The number of rotatable bonds is 5. The normalized spacial score (nSPS) is 21.3. The van der Waals surface area contributed by atoms with Crippen molar-refractivity contribution in [1.29, 1.82) is 0 Å². The van der Waals surface area contributed by atoms with Crippen LogP contribution in [0.1, 0.15) is 37.2 Å². The number of benzene rings is 1. The second-order valence-electron chi connectivity index (χ2n) is 7.64. The van der Waals surface area contributed by atoms with Crippen LogP contribution in [0.2, 0.25) is 0 Å². The summed E-state index contributed by atoms with van der Waals surface area (Å²) in [6.45, 7) is 8.54. The van der Waals surface area contributed by atoms with Crippen molar-refractivity contribution in [3.63, 3.8) is 0 Å². The number of hydrogen-bond donors (Lipinski definition) is 1. The van der Waals surface area contributed by atoms with Gasteiger partial charge in [-0.2, -0.15) is 0 Å². The largest absolute Gasteiger partial charge is 0.391 e. The zero-order valence-electron chi connectivity index (χ0n) is 15.6. The first-order chi connectivity index (χ1) is 12.5. The van der Waals surface area contributed by atoms with E-state index in [9.17, 15) is 5.11 Å². The predicted octanol–water partition coefficient (Wildman–Crippen LogP) is 2.95. The van der Waals surface area contributed by atoms with Crippen LogP contribution in [0, 0.1) is 12.8 Å². The van der Waals surface area contributed by atoms with Crippen LogP contribution < -0.4 is 0 Å². The molecule has 6 nitrogen and oxygen atoms in total. The van der Waals surface area contributed by atoms with E-state index in [-0.39, 0.29) is 12.0 Å². The van der Waals surface area contributed by atoms with Crippen molar-refractivity contribution in [2.45, 2.75) is 45.9 Å². The summed E-state index contributed by atoms with van der Waals surface area (Å²) in [6, 6.07) is 10.6. The molecule has 0 radical (unpaired) electrons. The average Bonchev–Trinajstić information content (AvgIpc) is 3.25. The highest BCUT2D eigenvalue weighted by molar-refractivity contribution is 5.76. The molecule has 0 saturated carbocycles. The smallest absolute Gasteiger partial charge is 0.137 e. The van der Waals surface area contributed by atoms with Gasteiger partial charge in [0.25, 0.3) is 0 Å². The van der Waals surface area contributed by atoms with E-state index in [0.717, 1.165) is 42.3 Å². The van der Waals surface area contributed by atoms with E-state index in [1.165, 1.54) is 5.52 Å². The molecule has 2 atom stereocenters. The van der Waals surface area contributed by atoms with Crippen molar-refractivity contribution in [1.82, 2.24) is 19.6 Å². The Kier molecular flexibility index (Phi) is 4.54. The number of para-hydroxylation sites is 2. The third kappa shape index (κ3) is 3.27. The summed E-state index contributed by atoms with van der Waals surface area (Å²) in [7, 11) is 0. The molecular weight excluding hydrogens is 328 g/mol. The van der Waals surface area contributed by atoms with E-state index in [2.05, 4.69) is 46.7 Å². The molecule has 0 spiro atoms. The number of aromatic nitrogens is 3. The molecule has 3 aromatic rings. The number of aliphatic hydroxyl groups excluding tert-OH is 1. The maximum absolute atomic E-state index is 10.5. The minimum atomic E-state index is -0.350. The Labute approximate surface area is 153 Å². The molecular formula is C20H26N4O2. The molecule has 2 aromatic heterocycles. The second kappa shape index (κ2) is 6.85. The number of imidazole rings is 1. The van der Waals surface area contributed by atoms with Crippen LogP contribution in [0.3, 0.4) is 0 Å². The maximum atomic E-state index is 10.5. The van der Waals surface area contributed by atoms with Gasteiger partial charge in [-0.05, 0) is 32.9 Å². The summed E-state index contributed by atoms with van der Waals surface area (Å²) in [6.07, 6.45) is 0.372. The molecule has 138 valence electrons. The first kappa shape index (κ1) is 17.2. The fraction of sp³-hybridized carbons (Fsp3) is 0.500. The van der Waals surface area contributed by atoms with Crippen LogP contribution in [0.25, 0.3) is 11.0 Å². The molecule has 1 N–H and O–H groups in total. The van der Waals surface area contributed by atoms with Gasteiger partial charge in [-0.15, -0.1) is 0 Å². The van der Waals surface area contributed by atoms with Gasteiger partial charge in [-0.25, -0.2) is 4.98 Å². The molecule has 0 bridgehead atoms. The molecule has 1 aromatic carbocycles. The monoisotopic (exact) mass is 354 g/mol. The van der Waals surface area contributed by atoms with Crippen molar-refractivity contribution < 1.29 is 9.63 Å². The van der Waals surface area contributed by atoms with Gasteiger partial charge in [0.15, 0.2) is 0 Å². The van der Waals surface area contributed by atoms with Crippen molar-refractivity contribution >= 4 is 11.0 Å². The Balaban J connectivity index is 1.51. The topological polar surface area (TPSA) is 67.3 Å². The second-order valence-corrected chi connectivity index (χ2v) is 7.64. The Morgan fingerprint density at radius 1 is 1.27 bits per heavy atom. The average molecular weight is 354 g/mol. The highest BCUT2D eigenvalue weighted by Crippen LogP contribution is 2.26. The summed E-state index contributed by atoms with van der Waals surface area (Å²) in [5, 5.41) is 14.4. The van der Waals surface area contributed by atoms with E-state index in [0.29, 0.717) is 12.6 Å². The number of nitrogens with zero attached hydrogens (tertiary/aromatic N) is 4. The lowest BCUT2D eigenvalue weighted by atomic mass is 10.0. The van der Waals surface area contributed by atoms with Gasteiger partial charge in [-0.1, -0.05) is 17.3 Å². The SMILES string of the molecule is Cc1cc(C[C@@H]2CN(Cc3nc4ccccc4n3C(C)C)C[C@H]2O)on1. The Morgan fingerprint density at radius 2 is 2.08 bits per heavy atom. The van der Waals surface area contributed by atoms with E-state index in [1.807, 2.05) is 19.1 Å². The summed E-state index contributed by atoms with van der Waals surface area (Å²) < 4.78 is 7.62. The van der Waals surface area contributed by atoms with Crippen LogP contribution in [0.4, 0.5) is 0 Å². The van der Waals surface area contributed by atoms with Crippen LogP contribution in [0.5, 0.6) is 0 Å². The third-order valence-electron chi connectivity index (χ3n) is 5.17. The Hall–Kier alpha value is -2.18. The summed E-state index contributed by atoms with van der Waals surface area (Å²) in [4.78, 5) is 7.14. The highest BCUT2D eigenvalue weighted by Gasteiger charge is 2.33. The molecule has 6 heteroatoms. The van der Waals surface area contributed by atoms with Gasteiger partial charge in [-0.3, -0.25) is 4.90 Å². The van der Waals surface area contributed by atoms with Gasteiger partial charge in [0.2, 0.25) is 0 Å². The van der Waals surface area contributed by atoms with E-state index < -0.39 is 0 Å². The standard InChI is InChI=1S/C20H26N4O2/c1-13(2)24-18-7-5-4-6-17(18)21-20(24)12-23-10-15(19(25)11-23)9-16-8-14(3)22-26-16/h4-8,13,15,19,25H,9-12H2,1-3H3/t15-,19-/m1/s1. The number of β-amino-alcohol motifs (C(OH)–C–C–N with tert-alkyl or cyclic N) is 1. The van der Waals surface area contributed by atoms with Crippen LogP contribution in [-0.2, 0) is 13.0 Å². The van der Waals surface area contributed by atoms with Crippen LogP contribution in [0.15, 0.2) is 34.9 Å². The number of hydrogen-bond acceptors (Lipinski definition) is 5. The van der Waals surface area contributed by atoms with Crippen molar-refractivity contribution in [2.75, 3.05) is 13.1 Å². The van der Waals surface area contributed by atoms with Gasteiger partial charge < -0.3 is 14.2 Å². The lowest BCUT2D eigenvalue weighted by Crippen LogP contribution is -2.24. The van der Waals surface area contributed by atoms with Crippen molar-refractivity contribution in [2.24, 2.45) is 5.92 Å². The zero-order chi connectivity index (χ0) is 18.3. The molecule has 4 rings (SSSR count). The maximum Gasteiger partial charge on any atom is 0.137 e. The molecule has 0 unspecified atom stereocenters. The van der Waals surface area contributed by atoms with E-state index in [4.69, 9.17) is 9.51 Å². The zero-order valence-corrected chi connectivity index (χ0v) is 15.6. The summed E-state index contributed by atoms with van der Waals surface area (Å²) in [5.74, 6) is 2.08. The molecule has 1 aliphatic heterocycles. The molecule has 1 fully saturated rings. The first-order valence-corrected chi connectivity index (χ1v) is 9.29. The van der Waals surface area contributed by atoms with Gasteiger partial charge in [0.05, 0.1) is 29.4 Å². The fourth-order valence-corrected chi connectivity index (χ4v) is 4.02. The molecule has 0 amide bonds. The van der Waals surface area contributed by atoms with Crippen LogP contribution in [-0.4, -0.2) is 43.9 Å². The van der Waals surface area contributed by atoms with Gasteiger partial charge in [0.1, 0.15) is 11.6 Å². The van der Waals surface area contributed by atoms with Gasteiger partial charge >= 0.3 is 0 Å². The minimum absolute atomic E-state index is 0.166. The lowest BCUT2D eigenvalue weighted by Gasteiger charge is -2.18. The fourth-order valence-electron chi connectivity index (χ4n) is 4.02. The molecule has 1 aliphatic rings. The van der Waals surface area contributed by atoms with Crippen molar-refractivity contribution in [3.8, 4) is 0 Å². The van der Waals surface area contributed by atoms with E-state index >= 15 is 0 Å². The number of likely N-dealkylation sites (tertiary alicyclic amines) is 1. The van der Waals surface area contributed by atoms with Crippen LogP contribution >= 0.6 is 0 Å². The predicted molar refractivity (Wildman–Crippen MR) is 99.8 cm³/mol. The molecule has 0 aliphatic carbocycles. The Bertz CT molecular complexity index is 898. The number of aliphatic hydroxyl groups is 1. The number of fused-ring (bicyclic) bond motifs is 1. The van der Waals surface area contributed by atoms with Crippen molar-refractivity contribution in [3.05, 3.63) is 47.6 Å². The molecule has 3 heterocycles. The number of aryl methyl sites for hydroxylation is 1. The lowest BCUT2D eigenvalue weighted by molar-refractivity contribution is 0.137. The molecule has 26 heavy (non-hydrogen) atoms. The minimum Gasteiger partial charge on any atom is -0.391 e. The third-order valence-corrected chi connectivity index (χ3v) is 5.17. The highest BCUT2D eigenvalue weighted by atomic mass is 16.5. The first-order valence-electron chi connectivity index (χ1n) is 9.29. The van der Waals surface area contributed by atoms with Gasteiger partial charge in [0, 0.05) is 37.5 Å². The summed E-state index contributed by atoms with van der Waals surface area (Å²) >= 11 is 0. The Morgan fingerprint density at radius 3 is 2.81 bits per heavy atom. The van der Waals surface area contributed by atoms with E-state index in [1.54, 1.807) is 0 Å².